The second kappa shape index (κ2) is 8.78. The molecule has 1 aliphatic heterocycles. The van der Waals surface area contributed by atoms with Crippen LogP contribution in [-0.2, 0) is 19.6 Å². The molecule has 0 saturated carbocycles. The van der Waals surface area contributed by atoms with Crippen molar-refractivity contribution >= 4 is 11.3 Å². The maximum Gasteiger partial charge on any atom is 0.151 e. The van der Waals surface area contributed by atoms with Crippen molar-refractivity contribution in [1.82, 2.24) is 19.9 Å². The summed E-state index contributed by atoms with van der Waals surface area (Å²) in [6, 6.07) is 10.5. The normalized spacial score (nSPS) is 15.5. The van der Waals surface area contributed by atoms with Crippen molar-refractivity contribution in [2.24, 2.45) is 0 Å². The number of nitrogens with zero attached hydrogens (tertiary/aromatic N) is 4. The SMILES string of the molecule is CN(Cc1cc(-c2cccnc2)no1)Cc1ccc(CN2CCCCC2)s1. The van der Waals surface area contributed by atoms with Crippen LogP contribution in [0.3, 0.4) is 0 Å². The van der Waals surface area contributed by atoms with E-state index in [0.717, 1.165) is 36.7 Å². The molecule has 1 fully saturated rings. The number of rotatable bonds is 7. The van der Waals surface area contributed by atoms with Crippen molar-refractivity contribution in [2.75, 3.05) is 20.1 Å². The highest BCUT2D eigenvalue weighted by atomic mass is 32.1. The maximum atomic E-state index is 5.51. The standard InChI is InChI=1S/C21H26N4OS/c1-24(14-18-12-21(23-26-18)17-6-5-9-22-13-17)15-19-7-8-20(27-19)16-25-10-3-2-4-11-25/h5-9,12-13H,2-4,10-11,14-16H2,1H3. The lowest BCUT2D eigenvalue weighted by molar-refractivity contribution is 0.222. The van der Waals surface area contributed by atoms with Gasteiger partial charge in [0.2, 0.25) is 0 Å². The summed E-state index contributed by atoms with van der Waals surface area (Å²) >= 11 is 1.93. The molecular formula is C21H26N4OS. The number of likely N-dealkylation sites (tertiary alicyclic amines) is 1. The topological polar surface area (TPSA) is 45.4 Å². The molecule has 3 aromatic heterocycles. The number of piperidine rings is 1. The van der Waals surface area contributed by atoms with Crippen molar-refractivity contribution in [2.45, 2.75) is 38.9 Å². The molecule has 0 spiro atoms. The minimum atomic E-state index is 0.743. The zero-order chi connectivity index (χ0) is 18.5. The molecule has 0 N–H and O–H groups in total. The van der Waals surface area contributed by atoms with E-state index >= 15 is 0 Å². The van der Waals surface area contributed by atoms with Gasteiger partial charge in [-0.05, 0) is 57.2 Å². The van der Waals surface area contributed by atoms with Crippen molar-refractivity contribution in [3.05, 3.63) is 58.2 Å². The molecule has 5 nitrogen and oxygen atoms in total. The van der Waals surface area contributed by atoms with Crippen LogP contribution >= 0.6 is 11.3 Å². The summed E-state index contributed by atoms with van der Waals surface area (Å²) in [6.45, 7) is 5.26. The zero-order valence-corrected chi connectivity index (χ0v) is 16.6. The van der Waals surface area contributed by atoms with E-state index in [1.54, 1.807) is 12.4 Å². The van der Waals surface area contributed by atoms with E-state index in [1.165, 1.54) is 42.1 Å². The van der Waals surface area contributed by atoms with Crippen molar-refractivity contribution in [3.8, 4) is 11.3 Å². The fourth-order valence-corrected chi connectivity index (χ4v) is 4.70. The fraction of sp³-hybridized carbons (Fsp3) is 0.429. The molecule has 6 heteroatoms. The third-order valence-electron chi connectivity index (χ3n) is 4.91. The van der Waals surface area contributed by atoms with Crippen LogP contribution in [0.25, 0.3) is 11.3 Å². The van der Waals surface area contributed by atoms with Gasteiger partial charge in [-0.1, -0.05) is 11.6 Å². The van der Waals surface area contributed by atoms with Gasteiger partial charge in [-0.15, -0.1) is 11.3 Å². The summed E-state index contributed by atoms with van der Waals surface area (Å²) in [5.74, 6) is 0.876. The number of pyridine rings is 1. The van der Waals surface area contributed by atoms with E-state index in [2.05, 4.69) is 39.1 Å². The Labute approximate surface area is 164 Å². The average molecular weight is 383 g/mol. The summed E-state index contributed by atoms with van der Waals surface area (Å²) in [7, 11) is 2.12. The molecule has 4 rings (SSSR count). The van der Waals surface area contributed by atoms with E-state index in [4.69, 9.17) is 4.52 Å². The lowest BCUT2D eigenvalue weighted by atomic mass is 10.1. The van der Waals surface area contributed by atoms with E-state index in [0.29, 0.717) is 0 Å². The predicted molar refractivity (Wildman–Crippen MR) is 108 cm³/mol. The van der Waals surface area contributed by atoms with Gasteiger partial charge >= 0.3 is 0 Å². The Morgan fingerprint density at radius 2 is 1.96 bits per heavy atom. The van der Waals surface area contributed by atoms with Crippen LogP contribution in [0.5, 0.6) is 0 Å². The molecule has 0 radical (unpaired) electrons. The maximum absolute atomic E-state index is 5.51. The number of hydrogen-bond acceptors (Lipinski definition) is 6. The lowest BCUT2D eigenvalue weighted by Gasteiger charge is -2.25. The van der Waals surface area contributed by atoms with Crippen molar-refractivity contribution in [3.63, 3.8) is 0 Å². The highest BCUT2D eigenvalue weighted by molar-refractivity contribution is 7.11. The summed E-state index contributed by atoms with van der Waals surface area (Å²) in [4.78, 5) is 11.9. The third-order valence-corrected chi connectivity index (χ3v) is 5.97. The molecular weight excluding hydrogens is 356 g/mol. The van der Waals surface area contributed by atoms with Gasteiger partial charge < -0.3 is 4.52 Å². The third kappa shape index (κ3) is 5.03. The Morgan fingerprint density at radius 1 is 1.11 bits per heavy atom. The quantitative estimate of drug-likeness (QED) is 0.605. The Morgan fingerprint density at radius 3 is 2.78 bits per heavy atom. The molecule has 0 aliphatic carbocycles. The van der Waals surface area contributed by atoms with Crippen molar-refractivity contribution in [1.29, 1.82) is 0 Å². The van der Waals surface area contributed by atoms with Gasteiger partial charge in [-0.25, -0.2) is 0 Å². The summed E-state index contributed by atoms with van der Waals surface area (Å²) < 4.78 is 5.51. The lowest BCUT2D eigenvalue weighted by Crippen LogP contribution is -2.28. The smallest absolute Gasteiger partial charge is 0.151 e. The zero-order valence-electron chi connectivity index (χ0n) is 15.8. The van der Waals surface area contributed by atoms with Gasteiger partial charge in [-0.3, -0.25) is 14.8 Å². The summed E-state index contributed by atoms with van der Waals surface area (Å²) in [5, 5.41) is 4.17. The summed E-state index contributed by atoms with van der Waals surface area (Å²) in [5.41, 5.74) is 1.82. The number of thiophene rings is 1. The average Bonchev–Trinajstić information content (AvgIpc) is 3.33. The van der Waals surface area contributed by atoms with E-state index < -0.39 is 0 Å². The van der Waals surface area contributed by atoms with Crippen LogP contribution in [-0.4, -0.2) is 40.1 Å². The second-order valence-electron chi connectivity index (χ2n) is 7.30. The van der Waals surface area contributed by atoms with Crippen LogP contribution in [0.15, 0.2) is 47.2 Å². The van der Waals surface area contributed by atoms with Gasteiger partial charge in [0.15, 0.2) is 5.76 Å². The number of aromatic nitrogens is 2. The minimum absolute atomic E-state index is 0.743. The molecule has 0 bridgehead atoms. The Bertz CT molecular complexity index is 839. The van der Waals surface area contributed by atoms with Crippen molar-refractivity contribution < 1.29 is 4.52 Å². The Kier molecular flexibility index (Phi) is 5.97. The van der Waals surface area contributed by atoms with Crippen LogP contribution in [0.4, 0.5) is 0 Å². The molecule has 1 saturated heterocycles. The molecule has 3 aromatic rings. The van der Waals surface area contributed by atoms with Gasteiger partial charge in [0.25, 0.3) is 0 Å². The monoisotopic (exact) mass is 382 g/mol. The van der Waals surface area contributed by atoms with E-state index in [1.807, 2.05) is 29.5 Å². The Balaban J connectivity index is 1.30. The second-order valence-corrected chi connectivity index (χ2v) is 8.55. The van der Waals surface area contributed by atoms with Crippen LogP contribution in [0, 0.1) is 0 Å². The minimum Gasteiger partial charge on any atom is -0.359 e. The highest BCUT2D eigenvalue weighted by Crippen LogP contribution is 2.23. The highest BCUT2D eigenvalue weighted by Gasteiger charge is 2.13. The van der Waals surface area contributed by atoms with E-state index in [9.17, 15) is 0 Å². The summed E-state index contributed by atoms with van der Waals surface area (Å²) in [6.07, 6.45) is 7.65. The molecule has 1 aliphatic rings. The van der Waals surface area contributed by atoms with Gasteiger partial charge in [0, 0.05) is 46.9 Å². The molecule has 0 aromatic carbocycles. The first-order valence-electron chi connectivity index (χ1n) is 9.61. The number of hydrogen-bond donors (Lipinski definition) is 0. The van der Waals surface area contributed by atoms with Crippen LogP contribution in [0.1, 0.15) is 34.8 Å². The van der Waals surface area contributed by atoms with Gasteiger partial charge in [0.05, 0.1) is 6.54 Å². The fourth-order valence-electron chi connectivity index (χ4n) is 3.56. The molecule has 27 heavy (non-hydrogen) atoms. The van der Waals surface area contributed by atoms with Crippen LogP contribution in [0.2, 0.25) is 0 Å². The van der Waals surface area contributed by atoms with Gasteiger partial charge in [-0.2, -0.15) is 0 Å². The first-order chi connectivity index (χ1) is 13.3. The van der Waals surface area contributed by atoms with E-state index in [-0.39, 0.29) is 0 Å². The molecule has 0 atom stereocenters. The largest absolute Gasteiger partial charge is 0.359 e. The first kappa shape index (κ1) is 18.3. The van der Waals surface area contributed by atoms with Crippen LogP contribution < -0.4 is 0 Å². The molecule has 142 valence electrons. The molecule has 0 amide bonds. The Hall–Kier alpha value is -2.02. The predicted octanol–water partition coefficient (Wildman–Crippen LogP) is 4.42. The van der Waals surface area contributed by atoms with Gasteiger partial charge in [0.1, 0.15) is 5.69 Å². The first-order valence-corrected chi connectivity index (χ1v) is 10.4. The molecule has 0 unspecified atom stereocenters. The molecule has 4 heterocycles.